The summed E-state index contributed by atoms with van der Waals surface area (Å²) in [7, 11) is 1.55. The molecule has 2 heterocycles. The molecule has 0 aliphatic carbocycles. The van der Waals surface area contributed by atoms with Gasteiger partial charge in [-0.05, 0) is 31.0 Å². The maximum atomic E-state index is 11.5. The second-order valence-corrected chi connectivity index (χ2v) is 6.25. The predicted molar refractivity (Wildman–Crippen MR) is 95.2 cm³/mol. The molecule has 1 amide bonds. The first-order valence-electron chi connectivity index (χ1n) is 7.86. The summed E-state index contributed by atoms with van der Waals surface area (Å²) in [5.74, 6) is 0.476. The Hall–Kier alpha value is -2.33. The Morgan fingerprint density at radius 3 is 2.67 bits per heavy atom. The molecule has 1 saturated heterocycles. The number of aryl methyl sites for hydroxylation is 1. The maximum Gasteiger partial charge on any atom is 0.232 e. The number of benzene rings is 1. The van der Waals surface area contributed by atoms with Crippen LogP contribution in [0.2, 0.25) is 5.02 Å². The number of amides is 1. The van der Waals surface area contributed by atoms with Crippen LogP contribution in [0, 0.1) is 6.92 Å². The molecule has 1 aromatic heterocycles. The number of ether oxygens (including phenoxy) is 1. The summed E-state index contributed by atoms with van der Waals surface area (Å²) in [6.45, 7) is 2.05. The first kappa shape index (κ1) is 16.5. The summed E-state index contributed by atoms with van der Waals surface area (Å²) in [5.41, 5.74) is 3.95. The van der Waals surface area contributed by atoms with Gasteiger partial charge in [-0.3, -0.25) is 4.79 Å². The molecule has 1 aliphatic heterocycles. The Balaban J connectivity index is 2.06. The van der Waals surface area contributed by atoms with Crippen LogP contribution in [0.4, 0.5) is 0 Å². The highest BCUT2D eigenvalue weighted by atomic mass is 35.5. The number of methoxy groups -OCH3 is 1. The summed E-state index contributed by atoms with van der Waals surface area (Å²) in [5, 5.41) is 3.45. The van der Waals surface area contributed by atoms with Crippen LogP contribution in [0.15, 0.2) is 42.5 Å². The Morgan fingerprint density at radius 1 is 1.29 bits per heavy atom. The number of nitrogens with one attached hydrogen (secondary N) is 1. The van der Waals surface area contributed by atoms with Crippen LogP contribution in [-0.4, -0.2) is 24.0 Å². The van der Waals surface area contributed by atoms with Gasteiger partial charge in [-0.15, -0.1) is 0 Å². The molecule has 5 heteroatoms. The molecule has 4 nitrogen and oxygen atoms in total. The fourth-order valence-corrected chi connectivity index (χ4v) is 2.93. The summed E-state index contributed by atoms with van der Waals surface area (Å²) in [6.07, 6.45) is 3.41. The van der Waals surface area contributed by atoms with Crippen molar-refractivity contribution in [2.24, 2.45) is 0 Å². The summed E-state index contributed by atoms with van der Waals surface area (Å²) >= 11 is 6.09. The van der Waals surface area contributed by atoms with Gasteiger partial charge in [-0.2, -0.15) is 0 Å². The van der Waals surface area contributed by atoms with Crippen LogP contribution < -0.4 is 10.1 Å². The van der Waals surface area contributed by atoms with Crippen molar-refractivity contribution in [3.8, 4) is 5.88 Å². The van der Waals surface area contributed by atoms with Crippen molar-refractivity contribution in [1.82, 2.24) is 10.3 Å². The molecule has 1 aliphatic rings. The number of rotatable bonds is 4. The summed E-state index contributed by atoms with van der Waals surface area (Å²) < 4.78 is 5.24. The van der Waals surface area contributed by atoms with E-state index < -0.39 is 0 Å². The standard InChI is InChI=1S/C19H19ClN2O2/c1-12-3-5-13(6-4-12)15(11-14-7-10-18(23)21-14)17-9-8-16(20)19(22-17)24-2/h3-6,8-9,11,14H,7,10H2,1-2H3,(H,21,23)/b15-11+/t14-/m1/s1. The van der Waals surface area contributed by atoms with E-state index in [0.717, 1.165) is 23.3 Å². The molecule has 2 aromatic rings. The number of hydrogen-bond acceptors (Lipinski definition) is 3. The van der Waals surface area contributed by atoms with Crippen LogP contribution in [0.1, 0.15) is 29.7 Å². The summed E-state index contributed by atoms with van der Waals surface area (Å²) in [6, 6.07) is 11.9. The first-order chi connectivity index (χ1) is 11.6. The van der Waals surface area contributed by atoms with Crippen molar-refractivity contribution in [3.05, 3.63) is 64.3 Å². The van der Waals surface area contributed by atoms with Crippen LogP contribution in [-0.2, 0) is 4.79 Å². The SMILES string of the molecule is COc1nc(/C(=C/[C@H]2CCC(=O)N2)c2ccc(C)cc2)ccc1Cl. The normalized spacial score (nSPS) is 17.7. The number of pyridine rings is 1. The first-order valence-corrected chi connectivity index (χ1v) is 8.24. The quantitative estimate of drug-likeness (QED) is 0.920. The average molecular weight is 343 g/mol. The van der Waals surface area contributed by atoms with E-state index in [9.17, 15) is 4.79 Å². The van der Waals surface area contributed by atoms with Crippen LogP contribution in [0.5, 0.6) is 5.88 Å². The number of aromatic nitrogens is 1. The van der Waals surface area contributed by atoms with Gasteiger partial charge >= 0.3 is 0 Å². The molecule has 3 rings (SSSR count). The third-order valence-corrected chi connectivity index (χ3v) is 4.33. The minimum absolute atomic E-state index is 0.0114. The highest BCUT2D eigenvalue weighted by Crippen LogP contribution is 2.29. The van der Waals surface area contributed by atoms with Crippen molar-refractivity contribution >= 4 is 23.1 Å². The zero-order chi connectivity index (χ0) is 17.1. The molecule has 0 bridgehead atoms. The molecule has 1 fully saturated rings. The van der Waals surface area contributed by atoms with Crippen molar-refractivity contribution in [2.45, 2.75) is 25.8 Å². The van der Waals surface area contributed by atoms with Crippen molar-refractivity contribution < 1.29 is 9.53 Å². The van der Waals surface area contributed by atoms with E-state index in [1.165, 1.54) is 5.56 Å². The fourth-order valence-electron chi connectivity index (χ4n) is 2.74. The number of hydrogen-bond donors (Lipinski definition) is 1. The van der Waals surface area contributed by atoms with Gasteiger partial charge < -0.3 is 10.1 Å². The van der Waals surface area contributed by atoms with E-state index in [4.69, 9.17) is 16.3 Å². The lowest BCUT2D eigenvalue weighted by molar-refractivity contribution is -0.119. The molecule has 1 N–H and O–H groups in total. The van der Waals surface area contributed by atoms with E-state index in [2.05, 4.69) is 40.6 Å². The molecule has 0 unspecified atom stereocenters. The smallest absolute Gasteiger partial charge is 0.232 e. The van der Waals surface area contributed by atoms with E-state index in [1.54, 1.807) is 13.2 Å². The van der Waals surface area contributed by atoms with Gasteiger partial charge in [0.25, 0.3) is 0 Å². The van der Waals surface area contributed by atoms with E-state index >= 15 is 0 Å². The van der Waals surface area contributed by atoms with Gasteiger partial charge in [-0.1, -0.05) is 47.5 Å². The fraction of sp³-hybridized carbons (Fsp3) is 0.263. The van der Waals surface area contributed by atoms with Crippen molar-refractivity contribution in [3.63, 3.8) is 0 Å². The second-order valence-electron chi connectivity index (χ2n) is 5.85. The van der Waals surface area contributed by atoms with Crippen LogP contribution in [0.25, 0.3) is 5.57 Å². The van der Waals surface area contributed by atoms with Crippen molar-refractivity contribution in [1.29, 1.82) is 0 Å². The molecule has 0 spiro atoms. The minimum atomic E-state index is 0.0114. The third-order valence-electron chi connectivity index (χ3n) is 4.04. The van der Waals surface area contributed by atoms with E-state index in [-0.39, 0.29) is 11.9 Å². The number of nitrogens with zero attached hydrogens (tertiary/aromatic N) is 1. The van der Waals surface area contributed by atoms with Gasteiger partial charge in [0, 0.05) is 18.0 Å². The Kier molecular flexibility index (Phi) is 4.86. The number of halogens is 1. The van der Waals surface area contributed by atoms with Crippen molar-refractivity contribution in [2.75, 3.05) is 7.11 Å². The van der Waals surface area contributed by atoms with Gasteiger partial charge in [-0.25, -0.2) is 4.98 Å². The highest BCUT2D eigenvalue weighted by molar-refractivity contribution is 6.31. The van der Waals surface area contributed by atoms with E-state index in [0.29, 0.717) is 17.3 Å². The highest BCUT2D eigenvalue weighted by Gasteiger charge is 2.20. The lowest BCUT2D eigenvalue weighted by Gasteiger charge is -2.13. The number of carbonyl (C=O) groups is 1. The summed E-state index contributed by atoms with van der Waals surface area (Å²) in [4.78, 5) is 16.0. The molecule has 1 aromatic carbocycles. The van der Waals surface area contributed by atoms with Gasteiger partial charge in [0.2, 0.25) is 11.8 Å². The zero-order valence-corrected chi connectivity index (χ0v) is 14.4. The Bertz CT molecular complexity index is 784. The number of carbonyl (C=O) groups excluding carboxylic acids is 1. The van der Waals surface area contributed by atoms with Crippen LogP contribution >= 0.6 is 11.6 Å². The average Bonchev–Trinajstić information content (AvgIpc) is 2.99. The lowest BCUT2D eigenvalue weighted by atomic mass is 9.98. The topological polar surface area (TPSA) is 51.2 Å². The van der Waals surface area contributed by atoms with Gasteiger partial charge in [0.1, 0.15) is 5.02 Å². The molecule has 1 atom stereocenters. The Morgan fingerprint density at radius 2 is 2.04 bits per heavy atom. The molecule has 0 saturated carbocycles. The lowest BCUT2D eigenvalue weighted by Crippen LogP contribution is -2.23. The molecule has 24 heavy (non-hydrogen) atoms. The third kappa shape index (κ3) is 3.60. The van der Waals surface area contributed by atoms with Gasteiger partial charge in [0.15, 0.2) is 0 Å². The zero-order valence-electron chi connectivity index (χ0n) is 13.7. The largest absolute Gasteiger partial charge is 0.480 e. The molecular formula is C19H19ClN2O2. The predicted octanol–water partition coefficient (Wildman–Crippen LogP) is 3.76. The second kappa shape index (κ2) is 7.05. The monoisotopic (exact) mass is 342 g/mol. The molecule has 124 valence electrons. The van der Waals surface area contributed by atoms with Gasteiger partial charge in [0.05, 0.1) is 12.8 Å². The van der Waals surface area contributed by atoms with Crippen LogP contribution in [0.3, 0.4) is 0 Å². The van der Waals surface area contributed by atoms with E-state index in [1.807, 2.05) is 13.0 Å². The molecule has 0 radical (unpaired) electrons. The molecular weight excluding hydrogens is 324 g/mol. The Labute approximate surface area is 146 Å². The maximum absolute atomic E-state index is 11.5. The minimum Gasteiger partial charge on any atom is -0.480 e.